The maximum Gasteiger partial charge on any atom is 0.245 e. The molecule has 3 N–H and O–H groups in total. The number of benzene rings is 1. The van der Waals surface area contributed by atoms with Crippen LogP contribution in [0, 0.1) is 23.7 Å². The molecular weight excluding hydrogens is 634 g/mol. The van der Waals surface area contributed by atoms with Crippen LogP contribution in [0.1, 0.15) is 86.6 Å². The van der Waals surface area contributed by atoms with Crippen LogP contribution in [0.3, 0.4) is 0 Å². The maximum absolute atomic E-state index is 14.1. The van der Waals surface area contributed by atoms with Gasteiger partial charge in [0.2, 0.25) is 23.6 Å². The lowest BCUT2D eigenvalue weighted by molar-refractivity contribution is -0.147. The molecule has 1 saturated heterocycles. The molecule has 0 radical (unpaired) electrons. The van der Waals surface area contributed by atoms with Crippen LogP contribution < -0.4 is 16.0 Å². The standard InChI is InChI=1S/C39H67N5O6/c1-13-26(6)35(43(10)39(48)34(25(4)5)42-38(47)33(40-9)24(2)3)31(49-11)23-32(45)44-21-17-20-30(44)36(50-12)28(8)37(46)41-27(7)22-29-18-15-14-16-19-29/h14-16,18-19,24-28,30-31,33-36,40H,13,17,20-23H2,1-12H3,(H,41,46)(H,42,47)/t26-,27+,28+,30-,31+,33-,34-,35-,36+/m0/s1. The molecule has 1 aliphatic rings. The van der Waals surface area contributed by atoms with Crippen LogP contribution in [-0.4, -0.2) is 111 Å². The quantitative estimate of drug-likeness (QED) is 0.187. The number of carbonyl (C=O) groups excluding carboxylic acids is 4. The molecule has 9 atom stereocenters. The first kappa shape index (κ1) is 43.1. The second-order valence-electron chi connectivity index (χ2n) is 14.9. The molecule has 0 unspecified atom stereocenters. The number of nitrogens with one attached hydrogen (secondary N) is 3. The average molecular weight is 702 g/mol. The zero-order chi connectivity index (χ0) is 37.7. The summed E-state index contributed by atoms with van der Waals surface area (Å²) >= 11 is 0. The Hall–Kier alpha value is -3.02. The van der Waals surface area contributed by atoms with E-state index >= 15 is 0 Å². The zero-order valence-corrected chi connectivity index (χ0v) is 32.8. The van der Waals surface area contributed by atoms with Gasteiger partial charge in [-0.25, -0.2) is 0 Å². The highest BCUT2D eigenvalue weighted by Gasteiger charge is 2.43. The predicted octanol–water partition coefficient (Wildman–Crippen LogP) is 4.04. The summed E-state index contributed by atoms with van der Waals surface area (Å²) < 4.78 is 12.0. The Kier molecular flexibility index (Phi) is 17.9. The van der Waals surface area contributed by atoms with Crippen LogP contribution in [0.15, 0.2) is 30.3 Å². The summed E-state index contributed by atoms with van der Waals surface area (Å²) in [6.45, 7) is 16.3. The third kappa shape index (κ3) is 11.5. The SMILES string of the molecule is CC[C@H](C)[C@@H]([C@@H](CC(=O)N1CCC[C@H]1[C@H](OC)[C@@H](C)C(=O)N[C@H](C)Cc1ccccc1)OC)N(C)C(=O)[C@@H](NC(=O)[C@@H](NC)C(C)C)C(C)C. The minimum absolute atomic E-state index is 0.00799. The lowest BCUT2D eigenvalue weighted by Gasteiger charge is -2.41. The first-order valence-electron chi connectivity index (χ1n) is 18.6. The van der Waals surface area contributed by atoms with Crippen LogP contribution in [0.5, 0.6) is 0 Å². The van der Waals surface area contributed by atoms with Crippen LogP contribution in [0.2, 0.25) is 0 Å². The molecule has 2 rings (SSSR count). The lowest BCUT2D eigenvalue weighted by atomic mass is 9.89. The molecule has 4 amide bonds. The van der Waals surface area contributed by atoms with E-state index in [2.05, 4.69) is 29.8 Å². The second kappa shape index (κ2) is 20.7. The number of carbonyl (C=O) groups is 4. The molecule has 1 aliphatic heterocycles. The summed E-state index contributed by atoms with van der Waals surface area (Å²) in [5.74, 6) is -1.22. The zero-order valence-electron chi connectivity index (χ0n) is 32.8. The Bertz CT molecular complexity index is 1210. The van der Waals surface area contributed by atoms with Gasteiger partial charge in [-0.1, -0.05) is 85.2 Å². The highest BCUT2D eigenvalue weighted by molar-refractivity contribution is 5.90. The second-order valence-corrected chi connectivity index (χ2v) is 14.9. The van der Waals surface area contributed by atoms with E-state index in [9.17, 15) is 19.2 Å². The van der Waals surface area contributed by atoms with E-state index in [-0.39, 0.29) is 59.9 Å². The van der Waals surface area contributed by atoms with E-state index in [1.165, 1.54) is 0 Å². The normalized spacial score (nSPS) is 19.6. The Labute approximate surface area is 302 Å². The molecule has 50 heavy (non-hydrogen) atoms. The number of ether oxygens (including phenoxy) is 2. The number of rotatable bonds is 20. The molecule has 11 heteroatoms. The van der Waals surface area contributed by atoms with Crippen molar-refractivity contribution in [2.24, 2.45) is 23.7 Å². The van der Waals surface area contributed by atoms with Crippen LogP contribution >= 0.6 is 0 Å². The molecule has 0 aliphatic carbocycles. The van der Waals surface area contributed by atoms with Crippen molar-refractivity contribution in [3.8, 4) is 0 Å². The van der Waals surface area contributed by atoms with E-state index in [1.807, 2.05) is 76.8 Å². The monoisotopic (exact) mass is 702 g/mol. The number of hydrogen-bond donors (Lipinski definition) is 3. The van der Waals surface area contributed by atoms with Gasteiger partial charge in [0.15, 0.2) is 0 Å². The first-order valence-corrected chi connectivity index (χ1v) is 18.6. The number of nitrogens with zero attached hydrogens (tertiary/aromatic N) is 2. The van der Waals surface area contributed by atoms with E-state index in [4.69, 9.17) is 9.47 Å². The largest absolute Gasteiger partial charge is 0.379 e. The highest BCUT2D eigenvalue weighted by Crippen LogP contribution is 2.29. The fourth-order valence-electron chi connectivity index (χ4n) is 7.44. The van der Waals surface area contributed by atoms with Crippen molar-refractivity contribution in [3.63, 3.8) is 0 Å². The van der Waals surface area contributed by atoms with Crippen molar-refractivity contribution in [2.45, 2.75) is 130 Å². The lowest BCUT2D eigenvalue weighted by Crippen LogP contribution is -2.59. The molecule has 1 aromatic carbocycles. The fourth-order valence-corrected chi connectivity index (χ4v) is 7.44. The molecule has 1 heterocycles. The topological polar surface area (TPSA) is 129 Å². The van der Waals surface area contributed by atoms with Gasteiger partial charge in [0.1, 0.15) is 6.04 Å². The molecule has 0 bridgehead atoms. The fraction of sp³-hybridized carbons (Fsp3) is 0.744. The molecule has 0 aromatic heterocycles. The van der Waals surface area contributed by atoms with Crippen LogP contribution in [0.4, 0.5) is 0 Å². The molecule has 1 fully saturated rings. The van der Waals surface area contributed by atoms with E-state index in [0.29, 0.717) is 6.54 Å². The van der Waals surface area contributed by atoms with Crippen molar-refractivity contribution in [3.05, 3.63) is 35.9 Å². The number of hydrogen-bond acceptors (Lipinski definition) is 7. The third-order valence-electron chi connectivity index (χ3n) is 10.5. The minimum Gasteiger partial charge on any atom is -0.379 e. The van der Waals surface area contributed by atoms with Gasteiger partial charge in [0.25, 0.3) is 0 Å². The number of likely N-dealkylation sites (N-methyl/N-ethyl adjacent to an activating group) is 2. The Morgan fingerprint density at radius 2 is 1.52 bits per heavy atom. The summed E-state index contributed by atoms with van der Waals surface area (Å²) in [5.41, 5.74) is 1.15. The summed E-state index contributed by atoms with van der Waals surface area (Å²) in [6.07, 6.45) is 2.01. The van der Waals surface area contributed by atoms with E-state index in [0.717, 1.165) is 31.2 Å². The molecule has 11 nitrogen and oxygen atoms in total. The van der Waals surface area contributed by atoms with Gasteiger partial charge in [0.05, 0.1) is 42.7 Å². The number of methoxy groups -OCH3 is 2. The Balaban J connectivity index is 2.22. The van der Waals surface area contributed by atoms with Gasteiger partial charge in [-0.3, -0.25) is 19.2 Å². The molecule has 284 valence electrons. The van der Waals surface area contributed by atoms with Crippen molar-refractivity contribution in [1.82, 2.24) is 25.8 Å². The van der Waals surface area contributed by atoms with Crippen LogP contribution in [-0.2, 0) is 35.1 Å². The van der Waals surface area contributed by atoms with Gasteiger partial charge < -0.3 is 35.2 Å². The molecular formula is C39H67N5O6. The Morgan fingerprint density at radius 3 is 2.04 bits per heavy atom. The first-order chi connectivity index (χ1) is 23.6. The van der Waals surface area contributed by atoms with Crippen molar-refractivity contribution < 1.29 is 28.7 Å². The molecule has 1 aromatic rings. The number of likely N-dealkylation sites (tertiary alicyclic amines) is 1. The van der Waals surface area contributed by atoms with Crippen LogP contribution in [0.25, 0.3) is 0 Å². The van der Waals surface area contributed by atoms with Gasteiger partial charge >= 0.3 is 0 Å². The smallest absolute Gasteiger partial charge is 0.245 e. The molecule has 0 spiro atoms. The summed E-state index contributed by atoms with van der Waals surface area (Å²) in [6, 6.07) is 8.14. The van der Waals surface area contributed by atoms with Gasteiger partial charge in [0, 0.05) is 33.9 Å². The highest BCUT2D eigenvalue weighted by atomic mass is 16.5. The van der Waals surface area contributed by atoms with Crippen molar-refractivity contribution in [2.75, 3.05) is 34.9 Å². The average Bonchev–Trinajstić information content (AvgIpc) is 3.56. The predicted molar refractivity (Wildman–Crippen MR) is 198 cm³/mol. The third-order valence-corrected chi connectivity index (χ3v) is 10.5. The van der Waals surface area contributed by atoms with Crippen molar-refractivity contribution >= 4 is 23.6 Å². The van der Waals surface area contributed by atoms with Crippen molar-refractivity contribution in [1.29, 1.82) is 0 Å². The Morgan fingerprint density at radius 1 is 0.900 bits per heavy atom. The summed E-state index contributed by atoms with van der Waals surface area (Å²) in [7, 11) is 6.67. The summed E-state index contributed by atoms with van der Waals surface area (Å²) in [4.78, 5) is 58.3. The van der Waals surface area contributed by atoms with Gasteiger partial charge in [-0.05, 0) is 56.6 Å². The van der Waals surface area contributed by atoms with Gasteiger partial charge in [-0.2, -0.15) is 0 Å². The minimum atomic E-state index is -0.740. The molecule has 0 saturated carbocycles. The van der Waals surface area contributed by atoms with Gasteiger partial charge in [-0.15, -0.1) is 0 Å². The van der Waals surface area contributed by atoms with E-state index < -0.39 is 36.3 Å². The van der Waals surface area contributed by atoms with E-state index in [1.54, 1.807) is 33.2 Å². The summed E-state index contributed by atoms with van der Waals surface area (Å²) in [5, 5.41) is 9.19. The maximum atomic E-state index is 14.1. The number of amides is 4.